The van der Waals surface area contributed by atoms with Crippen molar-refractivity contribution in [2.24, 2.45) is 0 Å². The van der Waals surface area contributed by atoms with Crippen LogP contribution in [0.3, 0.4) is 0 Å². The molecule has 0 radical (unpaired) electrons. The molecule has 3 aromatic rings. The second-order valence-corrected chi connectivity index (χ2v) is 5.37. The van der Waals surface area contributed by atoms with Crippen molar-refractivity contribution in [3.8, 4) is 33.8 Å². The summed E-state index contributed by atoms with van der Waals surface area (Å²) in [6, 6.07) is 4.64. The molecule has 0 aliphatic rings. The van der Waals surface area contributed by atoms with E-state index in [0.29, 0.717) is 22.4 Å². The molecule has 0 aliphatic carbocycles. The van der Waals surface area contributed by atoms with Crippen LogP contribution in [0.5, 0.6) is 11.5 Å². The molecule has 2 aromatic heterocycles. The van der Waals surface area contributed by atoms with Crippen LogP contribution in [0.15, 0.2) is 41.3 Å². The van der Waals surface area contributed by atoms with Crippen molar-refractivity contribution < 1.29 is 19.6 Å². The molecule has 7 nitrogen and oxygen atoms in total. The molecule has 24 heavy (non-hydrogen) atoms. The number of aromatic nitrogens is 1. The first-order valence-electron chi connectivity index (χ1n) is 7.10. The molecular formula is C17H14N2O5. The number of phenols is 2. The summed E-state index contributed by atoms with van der Waals surface area (Å²) in [6.45, 7) is 3.62. The number of rotatable bonds is 3. The van der Waals surface area contributed by atoms with Gasteiger partial charge in [0.05, 0.1) is 23.0 Å². The number of phenolic OH excluding ortho intramolecular Hbond substituents is 2. The van der Waals surface area contributed by atoms with Crippen molar-refractivity contribution >= 4 is 5.69 Å². The van der Waals surface area contributed by atoms with Crippen LogP contribution in [0.2, 0.25) is 0 Å². The Morgan fingerprint density at radius 3 is 2.54 bits per heavy atom. The number of nitrogens with zero attached hydrogens (tertiary/aromatic N) is 2. The molecular weight excluding hydrogens is 312 g/mol. The van der Waals surface area contributed by atoms with Gasteiger partial charge < -0.3 is 14.6 Å². The molecule has 0 spiro atoms. The number of furan rings is 1. The molecule has 0 atom stereocenters. The van der Waals surface area contributed by atoms with E-state index in [9.17, 15) is 20.3 Å². The Hall–Kier alpha value is -3.35. The molecule has 3 rings (SSSR count). The summed E-state index contributed by atoms with van der Waals surface area (Å²) in [5, 5.41) is 31.5. The summed E-state index contributed by atoms with van der Waals surface area (Å²) in [6.07, 6.45) is 4.37. The minimum atomic E-state index is -0.779. The number of aromatic hydroxyl groups is 2. The Morgan fingerprint density at radius 2 is 1.96 bits per heavy atom. The number of benzene rings is 1. The van der Waals surface area contributed by atoms with Crippen molar-refractivity contribution in [1.82, 2.24) is 4.98 Å². The molecule has 0 fully saturated rings. The Bertz CT molecular complexity index is 912. The van der Waals surface area contributed by atoms with Crippen LogP contribution in [-0.4, -0.2) is 20.1 Å². The van der Waals surface area contributed by atoms with Gasteiger partial charge in [-0.25, -0.2) is 0 Å². The van der Waals surface area contributed by atoms with E-state index in [-0.39, 0.29) is 5.56 Å². The summed E-state index contributed by atoms with van der Waals surface area (Å²) < 4.78 is 5.04. The Balaban J connectivity index is 2.49. The smallest absolute Gasteiger partial charge is 0.323 e. The second kappa shape index (κ2) is 5.69. The third-order valence-corrected chi connectivity index (χ3v) is 3.86. The van der Waals surface area contributed by atoms with Gasteiger partial charge in [0.1, 0.15) is 0 Å². The third kappa shape index (κ3) is 2.36. The maximum atomic E-state index is 11.5. The minimum absolute atomic E-state index is 0.170. The van der Waals surface area contributed by atoms with Gasteiger partial charge in [-0.15, -0.1) is 0 Å². The molecule has 0 saturated carbocycles. The highest BCUT2D eigenvalue weighted by atomic mass is 16.6. The molecule has 2 heterocycles. The molecule has 0 aliphatic heterocycles. The largest absolute Gasteiger partial charge is 0.504 e. The highest BCUT2D eigenvalue weighted by molar-refractivity contribution is 5.94. The lowest BCUT2D eigenvalue weighted by molar-refractivity contribution is -0.385. The number of nitro groups is 1. The van der Waals surface area contributed by atoms with E-state index in [2.05, 4.69) is 4.98 Å². The molecule has 0 amide bonds. The maximum absolute atomic E-state index is 11.5. The van der Waals surface area contributed by atoms with Gasteiger partial charge in [-0.2, -0.15) is 0 Å². The van der Waals surface area contributed by atoms with Gasteiger partial charge in [-0.1, -0.05) is 0 Å². The van der Waals surface area contributed by atoms with Crippen molar-refractivity contribution in [1.29, 1.82) is 0 Å². The molecule has 0 bridgehead atoms. The summed E-state index contributed by atoms with van der Waals surface area (Å²) in [4.78, 5) is 15.0. The normalized spacial score (nSPS) is 10.8. The third-order valence-electron chi connectivity index (χ3n) is 3.86. The molecule has 2 N–H and O–H groups in total. The van der Waals surface area contributed by atoms with E-state index >= 15 is 0 Å². The van der Waals surface area contributed by atoms with Gasteiger partial charge in [-0.05, 0) is 37.6 Å². The number of nitro benzene ring substituents is 1. The van der Waals surface area contributed by atoms with Gasteiger partial charge in [-0.3, -0.25) is 15.1 Å². The summed E-state index contributed by atoms with van der Waals surface area (Å²) in [5.41, 5.74) is 2.58. The standard InChI is InChI=1S/C17H14N2O5/c1-9-3-5-18-10(2)14(9)12-7-13(20)17(21)16(19(22)23)15(12)11-4-6-24-8-11/h3-8,20-21H,1-2H3. The van der Waals surface area contributed by atoms with Gasteiger partial charge in [0, 0.05) is 28.6 Å². The molecule has 1 aromatic carbocycles. The molecule has 0 unspecified atom stereocenters. The van der Waals surface area contributed by atoms with Gasteiger partial charge in [0.25, 0.3) is 0 Å². The maximum Gasteiger partial charge on any atom is 0.323 e. The molecule has 7 heteroatoms. The predicted octanol–water partition coefficient (Wildman–Crippen LogP) is 3.94. The lowest BCUT2D eigenvalue weighted by atomic mass is 9.90. The first-order valence-corrected chi connectivity index (χ1v) is 7.10. The predicted molar refractivity (Wildman–Crippen MR) is 86.8 cm³/mol. The van der Waals surface area contributed by atoms with E-state index in [1.165, 1.54) is 18.6 Å². The van der Waals surface area contributed by atoms with E-state index < -0.39 is 22.1 Å². The van der Waals surface area contributed by atoms with Gasteiger partial charge >= 0.3 is 5.69 Å². The van der Waals surface area contributed by atoms with E-state index in [1.807, 2.05) is 6.92 Å². The van der Waals surface area contributed by atoms with E-state index in [0.717, 1.165) is 5.56 Å². The van der Waals surface area contributed by atoms with Crippen LogP contribution in [0.1, 0.15) is 11.3 Å². The summed E-state index contributed by atoms with van der Waals surface area (Å²) in [5.74, 6) is -1.34. The minimum Gasteiger partial charge on any atom is -0.504 e. The quantitative estimate of drug-likeness (QED) is 0.428. The van der Waals surface area contributed by atoms with Crippen LogP contribution >= 0.6 is 0 Å². The van der Waals surface area contributed by atoms with Crippen LogP contribution in [0.4, 0.5) is 5.69 Å². The Kier molecular flexibility index (Phi) is 3.69. The van der Waals surface area contributed by atoms with Gasteiger partial charge in [0.2, 0.25) is 5.75 Å². The zero-order chi connectivity index (χ0) is 17.4. The highest BCUT2D eigenvalue weighted by Gasteiger charge is 2.30. The van der Waals surface area contributed by atoms with Crippen molar-refractivity contribution in [3.63, 3.8) is 0 Å². The molecule has 122 valence electrons. The van der Waals surface area contributed by atoms with Crippen LogP contribution in [0, 0.1) is 24.0 Å². The fraction of sp³-hybridized carbons (Fsp3) is 0.118. The SMILES string of the molecule is Cc1ccnc(C)c1-c1cc(O)c(O)c([N+](=O)[O-])c1-c1ccoc1. The van der Waals surface area contributed by atoms with Crippen LogP contribution in [0.25, 0.3) is 22.3 Å². The van der Waals surface area contributed by atoms with Crippen molar-refractivity contribution in [2.75, 3.05) is 0 Å². The average molecular weight is 326 g/mol. The average Bonchev–Trinajstić information content (AvgIpc) is 3.03. The monoisotopic (exact) mass is 326 g/mol. The lowest BCUT2D eigenvalue weighted by Gasteiger charge is -2.15. The highest BCUT2D eigenvalue weighted by Crippen LogP contribution is 2.49. The van der Waals surface area contributed by atoms with E-state index in [4.69, 9.17) is 4.42 Å². The zero-order valence-corrected chi connectivity index (χ0v) is 13.0. The van der Waals surface area contributed by atoms with Gasteiger partial charge in [0.15, 0.2) is 5.75 Å². The number of hydrogen-bond acceptors (Lipinski definition) is 6. The Labute approximate surface area is 137 Å². The number of hydrogen-bond donors (Lipinski definition) is 2. The first-order chi connectivity index (χ1) is 11.4. The topological polar surface area (TPSA) is 110 Å². The summed E-state index contributed by atoms with van der Waals surface area (Å²) in [7, 11) is 0. The van der Waals surface area contributed by atoms with E-state index in [1.54, 1.807) is 25.3 Å². The van der Waals surface area contributed by atoms with Crippen molar-refractivity contribution in [2.45, 2.75) is 13.8 Å². The fourth-order valence-corrected chi connectivity index (χ4v) is 2.82. The lowest BCUT2D eigenvalue weighted by Crippen LogP contribution is -1.98. The fourth-order valence-electron chi connectivity index (χ4n) is 2.82. The summed E-state index contributed by atoms with van der Waals surface area (Å²) >= 11 is 0. The zero-order valence-electron chi connectivity index (χ0n) is 13.0. The van der Waals surface area contributed by atoms with Crippen LogP contribution in [-0.2, 0) is 0 Å². The first kappa shape index (κ1) is 15.5. The van der Waals surface area contributed by atoms with Crippen LogP contribution < -0.4 is 0 Å². The number of aryl methyl sites for hydroxylation is 2. The van der Waals surface area contributed by atoms with Crippen molar-refractivity contribution in [3.05, 3.63) is 58.3 Å². The molecule has 0 saturated heterocycles. The Morgan fingerprint density at radius 1 is 1.21 bits per heavy atom. The number of pyridine rings is 1. The second-order valence-electron chi connectivity index (χ2n) is 5.37.